The molecule has 0 spiro atoms. The molecule has 106 valence electrons. The highest BCUT2D eigenvalue weighted by Crippen LogP contribution is 2.40. The van der Waals surface area contributed by atoms with E-state index >= 15 is 0 Å². The number of methoxy groups -OCH3 is 2. The number of ether oxygens (including phenoxy) is 2. The van der Waals surface area contributed by atoms with E-state index in [-0.39, 0.29) is 0 Å². The summed E-state index contributed by atoms with van der Waals surface area (Å²) in [5.41, 5.74) is 1.08. The monoisotopic (exact) mass is 293 g/mol. The SMILES string of the molecule is COc1ccc(Cn2c(Cl)nnc2C2CC2)cc1OC. The van der Waals surface area contributed by atoms with Crippen molar-refractivity contribution in [3.63, 3.8) is 0 Å². The van der Waals surface area contributed by atoms with Crippen molar-refractivity contribution < 1.29 is 9.47 Å². The van der Waals surface area contributed by atoms with Crippen LogP contribution in [0.1, 0.15) is 30.1 Å². The van der Waals surface area contributed by atoms with Crippen LogP contribution in [0.4, 0.5) is 0 Å². The molecule has 0 radical (unpaired) electrons. The number of halogens is 1. The summed E-state index contributed by atoms with van der Waals surface area (Å²) in [5.74, 6) is 2.91. The molecule has 20 heavy (non-hydrogen) atoms. The van der Waals surface area contributed by atoms with Crippen molar-refractivity contribution in [2.45, 2.75) is 25.3 Å². The Hall–Kier alpha value is -1.75. The van der Waals surface area contributed by atoms with E-state index in [4.69, 9.17) is 21.1 Å². The third-order valence-corrected chi connectivity index (χ3v) is 3.75. The van der Waals surface area contributed by atoms with Gasteiger partial charge in [0, 0.05) is 5.92 Å². The second-order valence-electron chi connectivity index (χ2n) is 4.88. The summed E-state index contributed by atoms with van der Waals surface area (Å²) in [4.78, 5) is 0. The molecule has 5 nitrogen and oxygen atoms in total. The molecule has 1 aromatic carbocycles. The van der Waals surface area contributed by atoms with Gasteiger partial charge in [0.1, 0.15) is 5.82 Å². The predicted molar refractivity (Wildman–Crippen MR) is 75.7 cm³/mol. The molecule has 0 unspecified atom stereocenters. The number of hydrogen-bond acceptors (Lipinski definition) is 4. The highest BCUT2D eigenvalue weighted by molar-refractivity contribution is 6.28. The molecule has 1 heterocycles. The minimum atomic E-state index is 0.432. The zero-order valence-electron chi connectivity index (χ0n) is 11.5. The first-order valence-corrected chi connectivity index (χ1v) is 6.90. The molecule has 1 aromatic heterocycles. The van der Waals surface area contributed by atoms with Crippen LogP contribution in [-0.4, -0.2) is 29.0 Å². The van der Waals surface area contributed by atoms with E-state index in [9.17, 15) is 0 Å². The molecule has 1 saturated carbocycles. The molecule has 1 aliphatic rings. The van der Waals surface area contributed by atoms with Crippen molar-refractivity contribution in [1.29, 1.82) is 0 Å². The van der Waals surface area contributed by atoms with E-state index < -0.39 is 0 Å². The Bertz CT molecular complexity index is 623. The normalized spacial score (nSPS) is 14.3. The number of hydrogen-bond donors (Lipinski definition) is 0. The van der Waals surface area contributed by atoms with Gasteiger partial charge in [-0.2, -0.15) is 0 Å². The van der Waals surface area contributed by atoms with Gasteiger partial charge in [-0.3, -0.25) is 4.57 Å². The van der Waals surface area contributed by atoms with Crippen molar-refractivity contribution in [2.24, 2.45) is 0 Å². The third kappa shape index (κ3) is 2.45. The number of benzene rings is 1. The van der Waals surface area contributed by atoms with Gasteiger partial charge in [0.05, 0.1) is 20.8 Å². The van der Waals surface area contributed by atoms with Crippen LogP contribution in [0, 0.1) is 0 Å². The second-order valence-corrected chi connectivity index (χ2v) is 5.22. The third-order valence-electron chi connectivity index (χ3n) is 3.47. The molecule has 0 bridgehead atoms. The first-order valence-electron chi connectivity index (χ1n) is 6.52. The molecule has 0 N–H and O–H groups in total. The second kappa shape index (κ2) is 5.32. The summed E-state index contributed by atoms with van der Waals surface area (Å²) in [7, 11) is 3.25. The molecular weight excluding hydrogens is 278 g/mol. The van der Waals surface area contributed by atoms with Gasteiger partial charge in [-0.1, -0.05) is 6.07 Å². The fraction of sp³-hybridized carbons (Fsp3) is 0.429. The maximum Gasteiger partial charge on any atom is 0.225 e. The zero-order valence-corrected chi connectivity index (χ0v) is 12.2. The molecule has 0 aliphatic heterocycles. The molecule has 0 atom stereocenters. The predicted octanol–water partition coefficient (Wildman–Crippen LogP) is 2.87. The van der Waals surface area contributed by atoms with Crippen molar-refractivity contribution in [2.75, 3.05) is 14.2 Å². The molecular formula is C14H16ClN3O2. The van der Waals surface area contributed by atoms with Gasteiger partial charge in [-0.15, -0.1) is 10.2 Å². The minimum Gasteiger partial charge on any atom is -0.493 e. The Morgan fingerprint density at radius 3 is 2.60 bits per heavy atom. The number of nitrogens with zero attached hydrogens (tertiary/aromatic N) is 3. The van der Waals surface area contributed by atoms with Gasteiger partial charge >= 0.3 is 0 Å². The first-order chi connectivity index (χ1) is 9.72. The van der Waals surface area contributed by atoms with Gasteiger partial charge < -0.3 is 9.47 Å². The van der Waals surface area contributed by atoms with E-state index in [0.29, 0.717) is 29.2 Å². The molecule has 2 aromatic rings. The largest absolute Gasteiger partial charge is 0.493 e. The Morgan fingerprint density at radius 2 is 1.95 bits per heavy atom. The lowest BCUT2D eigenvalue weighted by Gasteiger charge is -2.11. The number of aromatic nitrogens is 3. The van der Waals surface area contributed by atoms with Gasteiger partial charge in [0.2, 0.25) is 5.28 Å². The highest BCUT2D eigenvalue weighted by Gasteiger charge is 2.30. The van der Waals surface area contributed by atoms with Crippen LogP contribution in [0.15, 0.2) is 18.2 Å². The van der Waals surface area contributed by atoms with Crippen LogP contribution < -0.4 is 9.47 Å². The van der Waals surface area contributed by atoms with E-state index in [2.05, 4.69) is 10.2 Å². The van der Waals surface area contributed by atoms with Crippen LogP contribution in [0.2, 0.25) is 5.28 Å². The smallest absolute Gasteiger partial charge is 0.225 e. The molecule has 0 amide bonds. The molecule has 0 saturated heterocycles. The summed E-state index contributed by atoms with van der Waals surface area (Å²) >= 11 is 6.13. The van der Waals surface area contributed by atoms with Crippen molar-refractivity contribution in [3.05, 3.63) is 34.9 Å². The Balaban J connectivity index is 1.89. The molecule has 3 rings (SSSR count). The molecule has 1 aliphatic carbocycles. The van der Waals surface area contributed by atoms with Gasteiger partial charge in [0.25, 0.3) is 0 Å². The van der Waals surface area contributed by atoms with Gasteiger partial charge in [0.15, 0.2) is 11.5 Å². The van der Waals surface area contributed by atoms with Crippen molar-refractivity contribution in [3.8, 4) is 11.5 Å². The standard InChI is InChI=1S/C14H16ClN3O2/c1-19-11-6-3-9(7-12(11)20-2)8-18-13(10-4-5-10)16-17-14(18)15/h3,6-7,10H,4-5,8H2,1-2H3. The summed E-state index contributed by atoms with van der Waals surface area (Å²) in [6.45, 7) is 0.637. The average molecular weight is 294 g/mol. The van der Waals surface area contributed by atoms with Crippen LogP contribution in [0.5, 0.6) is 11.5 Å². The zero-order chi connectivity index (χ0) is 14.1. The lowest BCUT2D eigenvalue weighted by molar-refractivity contribution is 0.354. The Labute approximate surface area is 122 Å². The van der Waals surface area contributed by atoms with Crippen LogP contribution in [0.25, 0.3) is 0 Å². The van der Waals surface area contributed by atoms with E-state index in [1.165, 1.54) is 12.8 Å². The van der Waals surface area contributed by atoms with Crippen LogP contribution in [0.3, 0.4) is 0 Å². The minimum absolute atomic E-state index is 0.432. The number of rotatable bonds is 5. The Morgan fingerprint density at radius 1 is 1.20 bits per heavy atom. The van der Waals surface area contributed by atoms with E-state index in [1.54, 1.807) is 14.2 Å². The lowest BCUT2D eigenvalue weighted by atomic mass is 10.2. The lowest BCUT2D eigenvalue weighted by Crippen LogP contribution is -2.05. The highest BCUT2D eigenvalue weighted by atomic mass is 35.5. The van der Waals surface area contributed by atoms with Crippen LogP contribution in [-0.2, 0) is 6.54 Å². The molecule has 6 heteroatoms. The summed E-state index contributed by atoms with van der Waals surface area (Å²) in [6, 6.07) is 5.84. The Kier molecular flexibility index (Phi) is 3.53. The first kappa shape index (κ1) is 13.2. The quantitative estimate of drug-likeness (QED) is 0.850. The maximum atomic E-state index is 6.13. The fourth-order valence-electron chi connectivity index (χ4n) is 2.25. The fourth-order valence-corrected chi connectivity index (χ4v) is 2.43. The summed E-state index contributed by atoms with van der Waals surface area (Å²) in [6.07, 6.45) is 2.34. The molecule has 1 fully saturated rings. The van der Waals surface area contributed by atoms with Crippen molar-refractivity contribution >= 4 is 11.6 Å². The summed E-state index contributed by atoms with van der Waals surface area (Å²) < 4.78 is 12.5. The maximum absolute atomic E-state index is 6.13. The van der Waals surface area contributed by atoms with Crippen molar-refractivity contribution in [1.82, 2.24) is 14.8 Å². The average Bonchev–Trinajstić information content (AvgIpc) is 3.25. The van der Waals surface area contributed by atoms with E-state index in [1.807, 2.05) is 22.8 Å². The van der Waals surface area contributed by atoms with E-state index in [0.717, 1.165) is 11.4 Å². The van der Waals surface area contributed by atoms with Gasteiger partial charge in [-0.25, -0.2) is 0 Å². The van der Waals surface area contributed by atoms with Gasteiger partial charge in [-0.05, 0) is 42.1 Å². The van der Waals surface area contributed by atoms with Crippen LogP contribution >= 0.6 is 11.6 Å². The summed E-state index contributed by atoms with van der Waals surface area (Å²) in [5, 5.41) is 8.58. The topological polar surface area (TPSA) is 49.2 Å².